The van der Waals surface area contributed by atoms with Gasteiger partial charge in [-0.05, 0) is 19.8 Å². The number of carbonyl (C=O) groups is 2. The molecule has 1 saturated heterocycles. The van der Waals surface area contributed by atoms with Crippen LogP contribution in [-0.4, -0.2) is 71.8 Å². The number of aromatic nitrogens is 1. The summed E-state index contributed by atoms with van der Waals surface area (Å²) in [6, 6.07) is 0. The number of amides is 2. The Labute approximate surface area is 153 Å². The number of piperazine rings is 1. The average Bonchev–Trinajstić information content (AvgIpc) is 3.24. The highest BCUT2D eigenvalue weighted by molar-refractivity contribution is 7.13. The van der Waals surface area contributed by atoms with E-state index in [1.54, 1.807) is 19.0 Å². The second kappa shape index (κ2) is 7.83. The van der Waals surface area contributed by atoms with Crippen molar-refractivity contribution >= 4 is 23.2 Å². The second-order valence-electron chi connectivity index (χ2n) is 7.30. The first-order valence-corrected chi connectivity index (χ1v) is 9.96. The van der Waals surface area contributed by atoms with Crippen molar-refractivity contribution in [3.05, 3.63) is 15.6 Å². The minimum atomic E-state index is 0.0215. The van der Waals surface area contributed by atoms with Gasteiger partial charge in [0.2, 0.25) is 5.91 Å². The van der Waals surface area contributed by atoms with E-state index in [1.807, 2.05) is 11.8 Å². The van der Waals surface area contributed by atoms with Crippen LogP contribution in [0.25, 0.3) is 0 Å². The first kappa shape index (κ1) is 18.3. The van der Waals surface area contributed by atoms with E-state index in [-0.39, 0.29) is 11.8 Å². The monoisotopic (exact) mass is 364 g/mol. The second-order valence-corrected chi connectivity index (χ2v) is 8.39. The van der Waals surface area contributed by atoms with Crippen molar-refractivity contribution in [3.63, 3.8) is 0 Å². The number of aryl methyl sites for hydroxylation is 1. The van der Waals surface area contributed by atoms with Crippen molar-refractivity contribution < 1.29 is 9.59 Å². The van der Waals surface area contributed by atoms with E-state index in [0.717, 1.165) is 61.1 Å². The lowest BCUT2D eigenvalue weighted by molar-refractivity contribution is -0.137. The maximum atomic E-state index is 12.5. The Bertz CT molecular complexity index is 629. The van der Waals surface area contributed by atoms with Crippen LogP contribution in [0, 0.1) is 12.8 Å². The highest BCUT2D eigenvalue weighted by Crippen LogP contribution is 2.27. The van der Waals surface area contributed by atoms with Crippen LogP contribution >= 0.6 is 11.3 Å². The lowest BCUT2D eigenvalue weighted by Gasteiger charge is -2.35. The lowest BCUT2D eigenvalue weighted by atomic mass is 10.1. The van der Waals surface area contributed by atoms with Crippen LogP contribution in [0.2, 0.25) is 0 Å². The van der Waals surface area contributed by atoms with E-state index < -0.39 is 0 Å². The molecule has 0 N–H and O–H groups in total. The van der Waals surface area contributed by atoms with Gasteiger partial charge in [0, 0.05) is 46.2 Å². The Balaban J connectivity index is 1.53. The minimum Gasteiger partial charge on any atom is -0.344 e. The third-order valence-electron chi connectivity index (χ3n) is 5.19. The molecule has 6 nitrogen and oxygen atoms in total. The SMILES string of the molecule is Cc1nc(CN2CCN(C(=O)C3CCCC3)CC2)sc1C(=O)N(C)C. The van der Waals surface area contributed by atoms with E-state index in [4.69, 9.17) is 0 Å². The van der Waals surface area contributed by atoms with Crippen molar-refractivity contribution in [1.29, 1.82) is 0 Å². The van der Waals surface area contributed by atoms with Crippen LogP contribution in [0.1, 0.15) is 46.1 Å². The summed E-state index contributed by atoms with van der Waals surface area (Å²) in [5, 5.41) is 0.985. The van der Waals surface area contributed by atoms with E-state index in [2.05, 4.69) is 9.88 Å². The normalized spacial score (nSPS) is 19.4. The zero-order valence-corrected chi connectivity index (χ0v) is 16.3. The van der Waals surface area contributed by atoms with Crippen LogP contribution in [-0.2, 0) is 11.3 Å². The third-order valence-corrected chi connectivity index (χ3v) is 6.32. The molecule has 0 spiro atoms. The quantitative estimate of drug-likeness (QED) is 0.820. The smallest absolute Gasteiger partial charge is 0.265 e. The number of thiazole rings is 1. The topological polar surface area (TPSA) is 56.8 Å². The average molecular weight is 365 g/mol. The Kier molecular flexibility index (Phi) is 5.74. The molecule has 1 aliphatic carbocycles. The predicted octanol–water partition coefficient (Wildman–Crippen LogP) is 1.99. The zero-order valence-electron chi connectivity index (χ0n) is 15.5. The molecular weight excluding hydrogens is 336 g/mol. The lowest BCUT2D eigenvalue weighted by Crippen LogP contribution is -2.49. The van der Waals surface area contributed by atoms with Gasteiger partial charge in [-0.2, -0.15) is 0 Å². The van der Waals surface area contributed by atoms with Crippen LogP contribution in [0.15, 0.2) is 0 Å². The standard InChI is InChI=1S/C18H28N4O2S/c1-13-16(18(24)20(2)3)25-15(19-13)12-21-8-10-22(11-9-21)17(23)14-6-4-5-7-14/h14H,4-12H2,1-3H3. The third kappa shape index (κ3) is 4.20. The maximum absolute atomic E-state index is 12.5. The van der Waals surface area contributed by atoms with E-state index in [1.165, 1.54) is 24.2 Å². The molecule has 0 bridgehead atoms. The van der Waals surface area contributed by atoms with Gasteiger partial charge in [0.25, 0.3) is 5.91 Å². The maximum Gasteiger partial charge on any atom is 0.265 e. The number of carbonyl (C=O) groups excluding carboxylic acids is 2. The molecule has 25 heavy (non-hydrogen) atoms. The molecule has 2 fully saturated rings. The highest BCUT2D eigenvalue weighted by Gasteiger charge is 2.29. The Morgan fingerprint density at radius 2 is 1.80 bits per heavy atom. The van der Waals surface area contributed by atoms with Crippen molar-refractivity contribution in [3.8, 4) is 0 Å². The van der Waals surface area contributed by atoms with Gasteiger partial charge in [-0.3, -0.25) is 14.5 Å². The van der Waals surface area contributed by atoms with Crippen molar-refractivity contribution in [1.82, 2.24) is 19.7 Å². The van der Waals surface area contributed by atoms with Crippen molar-refractivity contribution in [2.45, 2.75) is 39.2 Å². The first-order chi connectivity index (χ1) is 12.0. The molecule has 7 heteroatoms. The van der Waals surface area contributed by atoms with Crippen LogP contribution in [0.3, 0.4) is 0 Å². The Hall–Kier alpha value is -1.47. The number of hydrogen-bond acceptors (Lipinski definition) is 5. The van der Waals surface area contributed by atoms with Gasteiger partial charge in [-0.1, -0.05) is 12.8 Å². The fourth-order valence-corrected chi connectivity index (χ4v) is 4.80. The van der Waals surface area contributed by atoms with Gasteiger partial charge in [-0.15, -0.1) is 11.3 Å². The Morgan fingerprint density at radius 1 is 1.16 bits per heavy atom. The molecule has 1 aromatic heterocycles. The molecule has 2 amide bonds. The van der Waals surface area contributed by atoms with Crippen molar-refractivity contribution in [2.24, 2.45) is 5.92 Å². The molecule has 138 valence electrons. The van der Waals surface area contributed by atoms with Crippen LogP contribution in [0.4, 0.5) is 0 Å². The van der Waals surface area contributed by atoms with Gasteiger partial charge >= 0.3 is 0 Å². The Morgan fingerprint density at radius 3 is 2.40 bits per heavy atom. The van der Waals surface area contributed by atoms with E-state index >= 15 is 0 Å². The number of hydrogen-bond donors (Lipinski definition) is 0. The van der Waals surface area contributed by atoms with Gasteiger partial charge in [0.05, 0.1) is 12.2 Å². The van der Waals surface area contributed by atoms with Gasteiger partial charge < -0.3 is 9.80 Å². The fraction of sp³-hybridized carbons (Fsp3) is 0.722. The summed E-state index contributed by atoms with van der Waals surface area (Å²) in [6.45, 7) is 6.04. The zero-order chi connectivity index (χ0) is 18.0. The number of rotatable bonds is 4. The summed E-state index contributed by atoms with van der Waals surface area (Å²) >= 11 is 1.49. The van der Waals surface area contributed by atoms with Crippen molar-refractivity contribution in [2.75, 3.05) is 40.3 Å². The summed E-state index contributed by atoms with van der Waals surface area (Å²) in [6.07, 6.45) is 4.54. The van der Waals surface area contributed by atoms with E-state index in [0.29, 0.717) is 5.91 Å². The molecule has 1 saturated carbocycles. The molecule has 0 unspecified atom stereocenters. The van der Waals surface area contributed by atoms with Gasteiger partial charge in [-0.25, -0.2) is 4.98 Å². The summed E-state index contributed by atoms with van der Waals surface area (Å²) < 4.78 is 0. The summed E-state index contributed by atoms with van der Waals surface area (Å²) in [7, 11) is 3.53. The fourth-order valence-electron chi connectivity index (χ4n) is 3.67. The number of nitrogens with zero attached hydrogens (tertiary/aromatic N) is 4. The molecule has 1 aliphatic heterocycles. The molecule has 0 radical (unpaired) electrons. The highest BCUT2D eigenvalue weighted by atomic mass is 32.1. The summed E-state index contributed by atoms with van der Waals surface area (Å²) in [4.78, 5) is 35.9. The molecule has 2 aliphatic rings. The van der Waals surface area contributed by atoms with Crippen LogP contribution < -0.4 is 0 Å². The molecular formula is C18H28N4O2S. The van der Waals surface area contributed by atoms with Gasteiger partial charge in [0.15, 0.2) is 0 Å². The molecule has 2 heterocycles. The molecule has 3 rings (SSSR count). The molecule has 1 aromatic rings. The largest absolute Gasteiger partial charge is 0.344 e. The summed E-state index contributed by atoms with van der Waals surface area (Å²) in [5.41, 5.74) is 0.814. The predicted molar refractivity (Wildman–Crippen MR) is 98.7 cm³/mol. The summed E-state index contributed by atoms with van der Waals surface area (Å²) in [5.74, 6) is 0.655. The molecule has 0 atom stereocenters. The van der Waals surface area contributed by atoms with Crippen LogP contribution in [0.5, 0.6) is 0 Å². The van der Waals surface area contributed by atoms with E-state index in [9.17, 15) is 9.59 Å². The first-order valence-electron chi connectivity index (χ1n) is 9.15. The minimum absolute atomic E-state index is 0.0215. The molecule has 0 aromatic carbocycles. The van der Waals surface area contributed by atoms with Gasteiger partial charge in [0.1, 0.15) is 9.88 Å².